The maximum absolute atomic E-state index is 11.3. The number of primary amides is 1. The van der Waals surface area contributed by atoms with Gasteiger partial charge in [0.15, 0.2) is 0 Å². The van der Waals surface area contributed by atoms with Crippen molar-refractivity contribution >= 4 is 28.9 Å². The molecule has 1 aliphatic heterocycles. The van der Waals surface area contributed by atoms with E-state index in [0.717, 1.165) is 47.0 Å². The number of benzene rings is 2. The largest absolute Gasteiger partial charge is 0.397 e. The first-order valence-corrected chi connectivity index (χ1v) is 9.66. The summed E-state index contributed by atoms with van der Waals surface area (Å²) < 4.78 is 0. The predicted octanol–water partition coefficient (Wildman–Crippen LogP) is 3.48. The van der Waals surface area contributed by atoms with Crippen LogP contribution in [-0.4, -0.2) is 29.0 Å². The second-order valence-corrected chi connectivity index (χ2v) is 7.25. The first-order chi connectivity index (χ1) is 14.0. The van der Waals surface area contributed by atoms with Gasteiger partial charge in [-0.05, 0) is 61.7 Å². The zero-order chi connectivity index (χ0) is 20.4. The molecule has 0 bridgehead atoms. The minimum atomic E-state index is -0.451. The van der Waals surface area contributed by atoms with Crippen LogP contribution in [0.2, 0.25) is 0 Å². The molecule has 5 N–H and O–H groups in total. The number of amides is 1. The molecule has 0 aliphatic carbocycles. The molecule has 7 nitrogen and oxygen atoms in total. The number of nitrogen functional groups attached to an aromatic ring is 1. The number of nitrogens with zero attached hydrogens (tertiary/aromatic N) is 3. The summed E-state index contributed by atoms with van der Waals surface area (Å²) in [6, 6.07) is 13.2. The van der Waals surface area contributed by atoms with E-state index in [-0.39, 0.29) is 0 Å². The van der Waals surface area contributed by atoms with Gasteiger partial charge in [-0.3, -0.25) is 4.79 Å². The van der Waals surface area contributed by atoms with Crippen molar-refractivity contribution in [2.75, 3.05) is 29.0 Å². The van der Waals surface area contributed by atoms with E-state index in [9.17, 15) is 4.79 Å². The molecular weight excluding hydrogens is 364 g/mol. The lowest BCUT2D eigenvalue weighted by Crippen LogP contribution is -2.18. The van der Waals surface area contributed by atoms with Crippen molar-refractivity contribution in [2.24, 2.45) is 5.73 Å². The SMILES string of the molecule is Cc1cc(C(N)=O)ccc1Nc1nccc(-c2ccc(N3CCCC3)c(N)c2)n1. The molecule has 0 spiro atoms. The average molecular weight is 388 g/mol. The van der Waals surface area contributed by atoms with Gasteiger partial charge in [0.2, 0.25) is 11.9 Å². The summed E-state index contributed by atoms with van der Waals surface area (Å²) in [5.74, 6) is 0.0208. The summed E-state index contributed by atoms with van der Waals surface area (Å²) in [6.07, 6.45) is 4.13. The molecule has 3 aromatic rings. The Labute approximate surface area is 169 Å². The van der Waals surface area contributed by atoms with Crippen LogP contribution < -0.4 is 21.7 Å². The number of aryl methyl sites for hydroxylation is 1. The zero-order valence-corrected chi connectivity index (χ0v) is 16.4. The Bertz CT molecular complexity index is 1060. The van der Waals surface area contributed by atoms with Crippen LogP contribution in [0.15, 0.2) is 48.7 Å². The van der Waals surface area contributed by atoms with Crippen molar-refractivity contribution in [2.45, 2.75) is 19.8 Å². The van der Waals surface area contributed by atoms with E-state index in [2.05, 4.69) is 26.3 Å². The summed E-state index contributed by atoms with van der Waals surface area (Å²) in [7, 11) is 0. The molecule has 1 fully saturated rings. The molecule has 1 saturated heterocycles. The van der Waals surface area contributed by atoms with Gasteiger partial charge in [-0.2, -0.15) is 0 Å². The summed E-state index contributed by atoms with van der Waals surface area (Å²) in [6.45, 7) is 4.01. The summed E-state index contributed by atoms with van der Waals surface area (Å²) >= 11 is 0. The molecule has 1 aliphatic rings. The van der Waals surface area contributed by atoms with E-state index >= 15 is 0 Å². The van der Waals surface area contributed by atoms with Crippen molar-refractivity contribution in [3.63, 3.8) is 0 Å². The maximum atomic E-state index is 11.3. The number of anilines is 4. The number of nitrogens with two attached hydrogens (primary N) is 2. The van der Waals surface area contributed by atoms with Crippen LogP contribution in [0.3, 0.4) is 0 Å². The summed E-state index contributed by atoms with van der Waals surface area (Å²) in [5.41, 5.74) is 17.4. The van der Waals surface area contributed by atoms with Gasteiger partial charge in [0, 0.05) is 36.1 Å². The molecule has 0 saturated carbocycles. The molecular formula is C22H24N6O. The van der Waals surface area contributed by atoms with Crippen molar-refractivity contribution < 1.29 is 4.79 Å². The molecule has 1 aromatic heterocycles. The predicted molar refractivity (Wildman–Crippen MR) is 116 cm³/mol. The van der Waals surface area contributed by atoms with Crippen molar-refractivity contribution in [3.8, 4) is 11.3 Å². The van der Waals surface area contributed by atoms with Gasteiger partial charge in [-0.15, -0.1) is 0 Å². The highest BCUT2D eigenvalue weighted by Crippen LogP contribution is 2.31. The van der Waals surface area contributed by atoms with Crippen molar-refractivity contribution in [1.82, 2.24) is 9.97 Å². The number of hydrogen-bond donors (Lipinski definition) is 3. The number of nitrogens with one attached hydrogen (secondary N) is 1. The fraction of sp³-hybridized carbons (Fsp3) is 0.227. The normalized spacial score (nSPS) is 13.5. The highest BCUT2D eigenvalue weighted by atomic mass is 16.1. The van der Waals surface area contributed by atoms with Crippen LogP contribution in [0.25, 0.3) is 11.3 Å². The molecule has 1 amide bonds. The first-order valence-electron chi connectivity index (χ1n) is 9.66. The standard InChI is InChI=1S/C22H24N6O/c1-14-12-16(21(24)29)4-6-18(14)26-22-25-9-8-19(27-22)15-5-7-20(17(23)13-15)28-10-2-3-11-28/h4-9,12-13H,2-3,10-11,23H2,1H3,(H2,24,29)(H,25,26,27). The Morgan fingerprint density at radius 1 is 1.10 bits per heavy atom. The fourth-order valence-corrected chi connectivity index (χ4v) is 3.62. The molecule has 29 heavy (non-hydrogen) atoms. The monoisotopic (exact) mass is 388 g/mol. The van der Waals surface area contributed by atoms with E-state index < -0.39 is 5.91 Å². The van der Waals surface area contributed by atoms with Crippen LogP contribution >= 0.6 is 0 Å². The Morgan fingerprint density at radius 2 is 1.90 bits per heavy atom. The summed E-state index contributed by atoms with van der Waals surface area (Å²) in [4.78, 5) is 22.6. The Balaban J connectivity index is 1.57. The molecule has 0 unspecified atom stereocenters. The average Bonchev–Trinajstić information content (AvgIpc) is 3.24. The third-order valence-corrected chi connectivity index (χ3v) is 5.18. The molecule has 7 heteroatoms. The van der Waals surface area contributed by atoms with E-state index in [1.165, 1.54) is 12.8 Å². The molecule has 4 rings (SSSR count). The van der Waals surface area contributed by atoms with Crippen LogP contribution in [-0.2, 0) is 0 Å². The zero-order valence-electron chi connectivity index (χ0n) is 16.4. The first kappa shape index (κ1) is 18.7. The number of aromatic nitrogens is 2. The van der Waals surface area contributed by atoms with Crippen molar-refractivity contribution in [1.29, 1.82) is 0 Å². The second kappa shape index (κ2) is 7.79. The van der Waals surface area contributed by atoms with Gasteiger partial charge < -0.3 is 21.7 Å². The van der Waals surface area contributed by atoms with Gasteiger partial charge in [-0.1, -0.05) is 6.07 Å². The van der Waals surface area contributed by atoms with E-state index in [0.29, 0.717) is 11.5 Å². The lowest BCUT2D eigenvalue weighted by Gasteiger charge is -2.20. The fourth-order valence-electron chi connectivity index (χ4n) is 3.62. The lowest BCUT2D eigenvalue weighted by molar-refractivity contribution is 0.1000. The lowest BCUT2D eigenvalue weighted by atomic mass is 10.1. The number of hydrogen-bond acceptors (Lipinski definition) is 6. The quantitative estimate of drug-likeness (QED) is 0.577. The number of carbonyl (C=O) groups is 1. The topological polar surface area (TPSA) is 110 Å². The van der Waals surface area contributed by atoms with Gasteiger partial charge in [0.1, 0.15) is 0 Å². The molecule has 0 atom stereocenters. The second-order valence-electron chi connectivity index (χ2n) is 7.25. The van der Waals surface area contributed by atoms with Gasteiger partial charge in [0.05, 0.1) is 17.1 Å². The number of carbonyl (C=O) groups excluding carboxylic acids is 1. The van der Waals surface area contributed by atoms with Gasteiger partial charge in [-0.25, -0.2) is 9.97 Å². The van der Waals surface area contributed by atoms with Crippen LogP contribution in [0.1, 0.15) is 28.8 Å². The minimum absolute atomic E-state index is 0.451. The highest BCUT2D eigenvalue weighted by Gasteiger charge is 2.15. The maximum Gasteiger partial charge on any atom is 0.248 e. The molecule has 2 aromatic carbocycles. The molecule has 2 heterocycles. The van der Waals surface area contributed by atoms with E-state index in [4.69, 9.17) is 11.5 Å². The van der Waals surface area contributed by atoms with Gasteiger partial charge in [0.25, 0.3) is 0 Å². The van der Waals surface area contributed by atoms with Crippen molar-refractivity contribution in [3.05, 3.63) is 59.8 Å². The van der Waals surface area contributed by atoms with Crippen LogP contribution in [0.5, 0.6) is 0 Å². The van der Waals surface area contributed by atoms with E-state index in [1.54, 1.807) is 24.4 Å². The summed E-state index contributed by atoms with van der Waals surface area (Å²) in [5, 5.41) is 3.21. The Kier molecular flexibility index (Phi) is 5.03. The third-order valence-electron chi connectivity index (χ3n) is 5.18. The van der Waals surface area contributed by atoms with Crippen LogP contribution in [0, 0.1) is 6.92 Å². The van der Waals surface area contributed by atoms with Gasteiger partial charge >= 0.3 is 0 Å². The highest BCUT2D eigenvalue weighted by molar-refractivity contribution is 5.93. The Morgan fingerprint density at radius 3 is 2.59 bits per heavy atom. The third kappa shape index (κ3) is 3.99. The molecule has 148 valence electrons. The minimum Gasteiger partial charge on any atom is -0.397 e. The van der Waals surface area contributed by atoms with E-state index in [1.807, 2.05) is 25.1 Å². The Hall–Kier alpha value is -3.61. The molecule has 0 radical (unpaired) electrons. The smallest absolute Gasteiger partial charge is 0.248 e. The van der Waals surface area contributed by atoms with Crippen LogP contribution in [0.4, 0.5) is 23.0 Å². The number of rotatable bonds is 5.